The van der Waals surface area contributed by atoms with Crippen molar-refractivity contribution in [3.8, 4) is 5.88 Å². The molecule has 0 atom stereocenters. The van der Waals surface area contributed by atoms with Gasteiger partial charge < -0.3 is 9.84 Å². The lowest BCUT2D eigenvalue weighted by atomic mass is 10.0. The summed E-state index contributed by atoms with van der Waals surface area (Å²) in [5.74, 6) is -2.33. The van der Waals surface area contributed by atoms with E-state index in [-0.39, 0.29) is 11.1 Å². The molecule has 1 aromatic heterocycles. The van der Waals surface area contributed by atoms with E-state index in [2.05, 4.69) is 9.72 Å². The van der Waals surface area contributed by atoms with Crippen LogP contribution in [0.3, 0.4) is 0 Å². The molecule has 8 heteroatoms. The van der Waals surface area contributed by atoms with E-state index in [0.29, 0.717) is 0 Å². The number of halogens is 4. The predicted octanol–water partition coefficient (Wildman–Crippen LogP) is 2.39. The van der Waals surface area contributed by atoms with Gasteiger partial charge in [-0.2, -0.15) is 0 Å². The molecule has 0 spiro atoms. The average Bonchev–Trinajstić information content (AvgIpc) is 2.20. The zero-order valence-corrected chi connectivity index (χ0v) is 9.21. The number of aromatic nitrogens is 1. The zero-order valence-electron chi connectivity index (χ0n) is 9.21. The molecule has 0 fully saturated rings. The maximum absolute atomic E-state index is 12.8. The van der Waals surface area contributed by atoms with Gasteiger partial charge in [0.1, 0.15) is 6.67 Å². The van der Waals surface area contributed by atoms with Crippen LogP contribution in [-0.2, 0) is 17.9 Å². The number of hydrogen-bond acceptors (Lipinski definition) is 3. The fourth-order valence-corrected chi connectivity index (χ4v) is 1.40. The number of alkyl halides is 4. The Morgan fingerprint density at radius 2 is 2.06 bits per heavy atom. The van der Waals surface area contributed by atoms with Gasteiger partial charge in [0, 0.05) is 11.8 Å². The van der Waals surface area contributed by atoms with Crippen LogP contribution in [0.5, 0.6) is 5.88 Å². The molecule has 1 N–H and O–H groups in total. The first-order valence-electron chi connectivity index (χ1n) is 4.75. The van der Waals surface area contributed by atoms with Crippen LogP contribution < -0.4 is 4.74 Å². The van der Waals surface area contributed by atoms with Crippen molar-refractivity contribution in [2.75, 3.05) is 0 Å². The highest BCUT2D eigenvalue weighted by Gasteiger charge is 2.34. The molecule has 1 heterocycles. The molecule has 4 nitrogen and oxygen atoms in total. The smallest absolute Gasteiger partial charge is 0.481 e. The van der Waals surface area contributed by atoms with Gasteiger partial charge in [-0.05, 0) is 18.1 Å². The standard InChI is InChI=1S/C10H9F4NO3/c1-5-4-15-9(18-10(12,13)14)6(2-8(16)17)7(5)3-11/h4H,2-3H2,1H3,(H,16,17). The summed E-state index contributed by atoms with van der Waals surface area (Å²) in [6, 6.07) is 0. The van der Waals surface area contributed by atoms with Crippen LogP contribution in [0, 0.1) is 6.92 Å². The molecule has 0 saturated heterocycles. The Hall–Kier alpha value is -1.86. The minimum atomic E-state index is -5.01. The monoisotopic (exact) mass is 267 g/mol. The van der Waals surface area contributed by atoms with Crippen molar-refractivity contribution >= 4 is 5.97 Å². The van der Waals surface area contributed by atoms with E-state index in [9.17, 15) is 22.4 Å². The Bertz CT molecular complexity index is 459. The minimum Gasteiger partial charge on any atom is -0.481 e. The van der Waals surface area contributed by atoms with Crippen molar-refractivity contribution in [2.24, 2.45) is 0 Å². The first kappa shape index (κ1) is 14.2. The van der Waals surface area contributed by atoms with Crippen molar-refractivity contribution in [3.05, 3.63) is 22.9 Å². The van der Waals surface area contributed by atoms with Gasteiger partial charge in [-0.3, -0.25) is 4.79 Å². The third kappa shape index (κ3) is 3.57. The molecule has 0 aliphatic heterocycles. The van der Waals surface area contributed by atoms with Crippen LogP contribution in [0.1, 0.15) is 16.7 Å². The highest BCUT2D eigenvalue weighted by molar-refractivity contribution is 5.72. The lowest BCUT2D eigenvalue weighted by Crippen LogP contribution is -2.20. The molecule has 0 aliphatic carbocycles. The number of nitrogens with zero attached hydrogens (tertiary/aromatic N) is 1. The Morgan fingerprint density at radius 3 is 2.50 bits per heavy atom. The van der Waals surface area contributed by atoms with Gasteiger partial charge in [-0.1, -0.05) is 0 Å². The van der Waals surface area contributed by atoms with E-state index in [1.165, 1.54) is 6.92 Å². The largest absolute Gasteiger partial charge is 0.574 e. The fraction of sp³-hybridized carbons (Fsp3) is 0.400. The maximum Gasteiger partial charge on any atom is 0.574 e. The first-order valence-corrected chi connectivity index (χ1v) is 4.75. The molecule has 0 bridgehead atoms. The summed E-state index contributed by atoms with van der Waals surface area (Å²) >= 11 is 0. The Morgan fingerprint density at radius 1 is 1.44 bits per heavy atom. The van der Waals surface area contributed by atoms with E-state index < -0.39 is 36.9 Å². The number of aliphatic carboxylic acids is 1. The summed E-state index contributed by atoms with van der Waals surface area (Å²) < 4.78 is 52.6. The molecule has 0 saturated carbocycles. The molecule has 0 aromatic carbocycles. The van der Waals surface area contributed by atoms with Gasteiger partial charge >= 0.3 is 12.3 Å². The van der Waals surface area contributed by atoms with Crippen LogP contribution in [0.2, 0.25) is 0 Å². The number of pyridine rings is 1. The fourth-order valence-electron chi connectivity index (χ4n) is 1.40. The van der Waals surface area contributed by atoms with Crippen LogP contribution in [0.15, 0.2) is 6.20 Å². The second-order valence-corrected chi connectivity index (χ2v) is 3.46. The van der Waals surface area contributed by atoms with Crippen LogP contribution in [0.25, 0.3) is 0 Å². The summed E-state index contributed by atoms with van der Waals surface area (Å²) in [7, 11) is 0. The summed E-state index contributed by atoms with van der Waals surface area (Å²) in [6.45, 7) is 0.329. The molecule has 0 aliphatic rings. The SMILES string of the molecule is Cc1cnc(OC(F)(F)F)c(CC(=O)O)c1CF. The lowest BCUT2D eigenvalue weighted by Gasteiger charge is -2.14. The van der Waals surface area contributed by atoms with E-state index in [4.69, 9.17) is 5.11 Å². The number of ether oxygens (including phenoxy) is 1. The van der Waals surface area contributed by atoms with Crippen LogP contribution in [-0.4, -0.2) is 22.4 Å². The molecule has 1 aromatic rings. The molecular weight excluding hydrogens is 258 g/mol. The van der Waals surface area contributed by atoms with Gasteiger partial charge in [0.25, 0.3) is 0 Å². The van der Waals surface area contributed by atoms with Gasteiger partial charge in [-0.25, -0.2) is 9.37 Å². The van der Waals surface area contributed by atoms with Gasteiger partial charge in [0.05, 0.1) is 6.42 Å². The summed E-state index contributed by atoms with van der Waals surface area (Å²) in [6.07, 6.45) is -4.80. The number of carboxylic acid groups (broad SMARTS) is 1. The molecule has 1 rings (SSSR count). The highest BCUT2D eigenvalue weighted by Crippen LogP contribution is 2.29. The number of rotatable bonds is 4. The third-order valence-electron chi connectivity index (χ3n) is 2.15. The van der Waals surface area contributed by atoms with E-state index in [0.717, 1.165) is 6.20 Å². The van der Waals surface area contributed by atoms with Gasteiger partial charge in [-0.15, -0.1) is 13.2 Å². The maximum atomic E-state index is 12.8. The van der Waals surface area contributed by atoms with Crippen LogP contribution >= 0.6 is 0 Å². The predicted molar refractivity (Wildman–Crippen MR) is 51.8 cm³/mol. The van der Waals surface area contributed by atoms with Crippen molar-refractivity contribution in [3.63, 3.8) is 0 Å². The van der Waals surface area contributed by atoms with Crippen molar-refractivity contribution < 1.29 is 32.2 Å². The van der Waals surface area contributed by atoms with Crippen LogP contribution in [0.4, 0.5) is 17.6 Å². The molecule has 18 heavy (non-hydrogen) atoms. The van der Waals surface area contributed by atoms with Crippen molar-refractivity contribution in [2.45, 2.75) is 26.4 Å². The molecule has 0 radical (unpaired) electrons. The second kappa shape index (κ2) is 5.19. The number of aryl methyl sites for hydroxylation is 1. The molecule has 0 unspecified atom stereocenters. The van der Waals surface area contributed by atoms with E-state index >= 15 is 0 Å². The van der Waals surface area contributed by atoms with Gasteiger partial charge in [0.2, 0.25) is 5.88 Å². The lowest BCUT2D eigenvalue weighted by molar-refractivity contribution is -0.276. The van der Waals surface area contributed by atoms with E-state index in [1.807, 2.05) is 0 Å². The second-order valence-electron chi connectivity index (χ2n) is 3.46. The first-order chi connectivity index (χ1) is 8.24. The Balaban J connectivity index is 3.28. The number of carbonyl (C=O) groups is 1. The molecule has 100 valence electrons. The van der Waals surface area contributed by atoms with Crippen molar-refractivity contribution in [1.82, 2.24) is 4.98 Å². The number of hydrogen-bond donors (Lipinski definition) is 1. The molecule has 0 amide bonds. The molecular formula is C10H9F4NO3. The summed E-state index contributed by atoms with van der Waals surface area (Å²) in [5.41, 5.74) is -0.280. The minimum absolute atomic E-state index is 0.147. The van der Waals surface area contributed by atoms with Crippen molar-refractivity contribution in [1.29, 1.82) is 0 Å². The topological polar surface area (TPSA) is 59.4 Å². The average molecular weight is 267 g/mol. The Labute approximate surface area is 99.2 Å². The van der Waals surface area contributed by atoms with E-state index in [1.54, 1.807) is 0 Å². The number of carboxylic acids is 1. The zero-order chi connectivity index (χ0) is 13.9. The third-order valence-corrected chi connectivity index (χ3v) is 2.15. The quantitative estimate of drug-likeness (QED) is 0.851. The summed E-state index contributed by atoms with van der Waals surface area (Å²) in [5, 5.41) is 8.61. The Kier molecular flexibility index (Phi) is 4.10. The van der Waals surface area contributed by atoms with Gasteiger partial charge in [0.15, 0.2) is 0 Å². The normalized spacial score (nSPS) is 11.4. The highest BCUT2D eigenvalue weighted by atomic mass is 19.4. The summed E-state index contributed by atoms with van der Waals surface area (Å²) in [4.78, 5) is 13.9.